The molecule has 2 rings (SSSR count). The lowest BCUT2D eigenvalue weighted by atomic mass is 10.2. The first-order chi connectivity index (χ1) is 8.61. The van der Waals surface area contributed by atoms with E-state index in [0.29, 0.717) is 21.8 Å². The molecular weight excluding hydrogens is 296 g/mol. The predicted molar refractivity (Wildman–Crippen MR) is 72.3 cm³/mol. The van der Waals surface area contributed by atoms with Crippen molar-refractivity contribution in [3.63, 3.8) is 0 Å². The van der Waals surface area contributed by atoms with Gasteiger partial charge in [0.1, 0.15) is 16.0 Å². The number of rotatable bonds is 3. The van der Waals surface area contributed by atoms with Crippen molar-refractivity contribution in [2.24, 2.45) is 0 Å². The predicted octanol–water partition coefficient (Wildman–Crippen LogP) is 2.25. The van der Waals surface area contributed by atoms with Crippen LogP contribution in [0.2, 0.25) is 0 Å². The first-order valence-corrected chi connectivity index (χ1v) is 6.50. The number of H-pyrrole nitrogens is 1. The highest BCUT2D eigenvalue weighted by Crippen LogP contribution is 2.16. The van der Waals surface area contributed by atoms with E-state index in [2.05, 4.69) is 35.9 Å². The number of nitrogens with zero attached hydrogens (tertiary/aromatic N) is 3. The summed E-state index contributed by atoms with van der Waals surface area (Å²) in [6.45, 7) is 3.84. The maximum atomic E-state index is 11.8. The molecule has 2 aromatic heterocycles. The van der Waals surface area contributed by atoms with E-state index in [0.717, 1.165) is 18.5 Å². The van der Waals surface area contributed by atoms with Crippen LogP contribution in [0.5, 0.6) is 0 Å². The van der Waals surface area contributed by atoms with Gasteiger partial charge in [-0.3, -0.25) is 4.79 Å². The van der Waals surface area contributed by atoms with Gasteiger partial charge in [0.15, 0.2) is 5.82 Å². The molecule has 0 atom stereocenters. The molecule has 5 nitrogen and oxygen atoms in total. The van der Waals surface area contributed by atoms with E-state index in [1.54, 1.807) is 19.2 Å². The maximum Gasteiger partial charge on any atom is 0.265 e. The summed E-state index contributed by atoms with van der Waals surface area (Å²) in [6, 6.07) is 1.73. The Hall–Kier alpha value is -1.56. The van der Waals surface area contributed by atoms with Gasteiger partial charge in [-0.2, -0.15) is 0 Å². The molecule has 1 N–H and O–H groups in total. The minimum Gasteiger partial charge on any atom is -0.304 e. The van der Waals surface area contributed by atoms with Crippen LogP contribution in [0, 0.1) is 6.92 Å². The molecule has 0 saturated heterocycles. The molecule has 0 unspecified atom stereocenters. The molecule has 0 saturated carbocycles. The van der Waals surface area contributed by atoms with Crippen LogP contribution in [0.3, 0.4) is 0 Å². The van der Waals surface area contributed by atoms with Crippen LogP contribution in [-0.4, -0.2) is 19.9 Å². The van der Waals surface area contributed by atoms with Gasteiger partial charge in [0.25, 0.3) is 5.56 Å². The summed E-state index contributed by atoms with van der Waals surface area (Å²) in [7, 11) is 0. The van der Waals surface area contributed by atoms with Crippen LogP contribution in [-0.2, 0) is 6.42 Å². The molecule has 0 spiro atoms. The summed E-state index contributed by atoms with van der Waals surface area (Å²) >= 11 is 3.26. The van der Waals surface area contributed by atoms with Crippen LogP contribution < -0.4 is 5.56 Å². The monoisotopic (exact) mass is 308 g/mol. The highest BCUT2D eigenvalue weighted by molar-refractivity contribution is 9.10. The zero-order valence-electron chi connectivity index (χ0n) is 10.2. The molecule has 94 valence electrons. The van der Waals surface area contributed by atoms with Gasteiger partial charge in [0.05, 0.1) is 5.69 Å². The smallest absolute Gasteiger partial charge is 0.265 e. The highest BCUT2D eigenvalue weighted by atomic mass is 79.9. The second-order valence-corrected chi connectivity index (χ2v) is 4.71. The first kappa shape index (κ1) is 12.9. The number of halogens is 1. The molecule has 0 aliphatic carbocycles. The van der Waals surface area contributed by atoms with Crippen LogP contribution in [0.1, 0.15) is 24.9 Å². The van der Waals surface area contributed by atoms with Gasteiger partial charge < -0.3 is 4.98 Å². The van der Waals surface area contributed by atoms with Crippen LogP contribution >= 0.6 is 15.9 Å². The Kier molecular flexibility index (Phi) is 3.86. The minimum absolute atomic E-state index is 0.181. The maximum absolute atomic E-state index is 11.8. The van der Waals surface area contributed by atoms with Crippen molar-refractivity contribution < 1.29 is 0 Å². The average molecular weight is 309 g/mol. The zero-order valence-corrected chi connectivity index (χ0v) is 11.8. The van der Waals surface area contributed by atoms with Crippen molar-refractivity contribution >= 4 is 15.9 Å². The Morgan fingerprint density at radius 1 is 1.39 bits per heavy atom. The standard InChI is InChI=1S/C12H13BrN4O/c1-3-4-8-10(13)12(18)17-11(16-8)9-5-6-14-7(2)15-9/h5-6H,3-4H2,1-2H3,(H,16,17,18). The quantitative estimate of drug-likeness (QED) is 0.944. The van der Waals surface area contributed by atoms with Gasteiger partial charge in [-0.15, -0.1) is 0 Å². The summed E-state index contributed by atoms with van der Waals surface area (Å²) in [5.74, 6) is 1.13. The van der Waals surface area contributed by atoms with E-state index in [-0.39, 0.29) is 5.56 Å². The summed E-state index contributed by atoms with van der Waals surface area (Å²) in [5, 5.41) is 0. The number of aromatic nitrogens is 4. The van der Waals surface area contributed by atoms with E-state index in [4.69, 9.17) is 0 Å². The fourth-order valence-electron chi connectivity index (χ4n) is 1.62. The number of aryl methyl sites for hydroxylation is 2. The van der Waals surface area contributed by atoms with Gasteiger partial charge >= 0.3 is 0 Å². The van der Waals surface area contributed by atoms with E-state index < -0.39 is 0 Å². The van der Waals surface area contributed by atoms with E-state index in [9.17, 15) is 4.79 Å². The molecule has 0 fully saturated rings. The second kappa shape index (κ2) is 5.39. The van der Waals surface area contributed by atoms with Gasteiger partial charge in [-0.05, 0) is 35.3 Å². The summed E-state index contributed by atoms with van der Waals surface area (Å²) in [5.41, 5.74) is 1.21. The third kappa shape index (κ3) is 2.64. The first-order valence-electron chi connectivity index (χ1n) is 5.70. The average Bonchev–Trinajstić information content (AvgIpc) is 2.35. The molecule has 0 aromatic carbocycles. The van der Waals surface area contributed by atoms with E-state index in [1.807, 2.05) is 6.92 Å². The molecule has 18 heavy (non-hydrogen) atoms. The third-order valence-electron chi connectivity index (χ3n) is 2.44. The lowest BCUT2D eigenvalue weighted by molar-refractivity contribution is 0.858. The Morgan fingerprint density at radius 2 is 2.17 bits per heavy atom. The van der Waals surface area contributed by atoms with Gasteiger partial charge in [-0.25, -0.2) is 15.0 Å². The van der Waals surface area contributed by atoms with E-state index >= 15 is 0 Å². The largest absolute Gasteiger partial charge is 0.304 e. The fourth-order valence-corrected chi connectivity index (χ4v) is 2.00. The molecule has 2 heterocycles. The van der Waals surface area contributed by atoms with Gasteiger partial charge in [-0.1, -0.05) is 13.3 Å². The molecular formula is C12H13BrN4O. The van der Waals surface area contributed by atoms with Crippen molar-refractivity contribution in [1.29, 1.82) is 0 Å². The minimum atomic E-state index is -0.181. The van der Waals surface area contributed by atoms with Crippen LogP contribution in [0.4, 0.5) is 0 Å². The molecule has 0 amide bonds. The number of nitrogens with one attached hydrogen (secondary N) is 1. The topological polar surface area (TPSA) is 71.5 Å². The van der Waals surface area contributed by atoms with Crippen molar-refractivity contribution in [3.8, 4) is 11.5 Å². The molecule has 2 aromatic rings. The zero-order chi connectivity index (χ0) is 13.1. The van der Waals surface area contributed by atoms with Gasteiger partial charge in [0.2, 0.25) is 0 Å². The molecule has 0 aliphatic heterocycles. The van der Waals surface area contributed by atoms with Crippen molar-refractivity contribution in [3.05, 3.63) is 38.6 Å². The number of hydrogen-bond donors (Lipinski definition) is 1. The lowest BCUT2D eigenvalue weighted by Gasteiger charge is -2.05. The normalized spacial score (nSPS) is 10.6. The molecule has 0 aliphatic rings. The van der Waals surface area contributed by atoms with E-state index in [1.165, 1.54) is 0 Å². The van der Waals surface area contributed by atoms with Crippen LogP contribution in [0.15, 0.2) is 21.5 Å². The van der Waals surface area contributed by atoms with Crippen LogP contribution in [0.25, 0.3) is 11.5 Å². The number of hydrogen-bond acceptors (Lipinski definition) is 4. The lowest BCUT2D eigenvalue weighted by Crippen LogP contribution is -2.14. The van der Waals surface area contributed by atoms with Crippen molar-refractivity contribution in [1.82, 2.24) is 19.9 Å². The third-order valence-corrected chi connectivity index (χ3v) is 3.25. The Morgan fingerprint density at radius 3 is 2.83 bits per heavy atom. The summed E-state index contributed by atoms with van der Waals surface area (Å²) < 4.78 is 0.499. The highest BCUT2D eigenvalue weighted by Gasteiger charge is 2.10. The van der Waals surface area contributed by atoms with Crippen molar-refractivity contribution in [2.45, 2.75) is 26.7 Å². The Labute approximate surface area is 113 Å². The molecule has 6 heteroatoms. The molecule has 0 radical (unpaired) electrons. The SMILES string of the molecule is CCCc1nc(-c2ccnc(C)n2)[nH]c(=O)c1Br. The van der Waals surface area contributed by atoms with Gasteiger partial charge in [0, 0.05) is 6.20 Å². The molecule has 0 bridgehead atoms. The Bertz CT molecular complexity index is 624. The summed E-state index contributed by atoms with van der Waals surface area (Å²) in [6.07, 6.45) is 3.33. The van der Waals surface area contributed by atoms with Crippen molar-refractivity contribution in [2.75, 3.05) is 0 Å². The second-order valence-electron chi connectivity index (χ2n) is 3.91. The summed E-state index contributed by atoms with van der Waals surface area (Å²) in [4.78, 5) is 27.2. The Balaban J connectivity index is 2.55. The number of aromatic amines is 1. The fraction of sp³-hybridized carbons (Fsp3) is 0.333.